The standard InChI is InChI=1S/C20H30N2O3S/c1-15-12-18-13-19(10-11-20(18)22(15)16(2)23)26(24,25)21-14-17-8-6-4-3-5-7-9-17/h10-11,13,15,17,21H,3-9,12,14H2,1-2H3/t15-/m1/s1. The zero-order valence-corrected chi connectivity index (χ0v) is 16.6. The van der Waals surface area contributed by atoms with E-state index in [4.69, 9.17) is 0 Å². The lowest BCUT2D eigenvalue weighted by molar-refractivity contribution is -0.116. The number of nitrogens with zero attached hydrogens (tertiary/aromatic N) is 1. The van der Waals surface area contributed by atoms with Gasteiger partial charge in [0, 0.05) is 25.2 Å². The summed E-state index contributed by atoms with van der Waals surface area (Å²) in [6, 6.07) is 5.19. The molecule has 1 atom stereocenters. The van der Waals surface area contributed by atoms with Crippen LogP contribution in [0.4, 0.5) is 5.69 Å². The molecule has 0 radical (unpaired) electrons. The Kier molecular flexibility index (Phi) is 6.03. The Hall–Kier alpha value is -1.40. The van der Waals surface area contributed by atoms with Gasteiger partial charge in [-0.3, -0.25) is 4.79 Å². The normalized spacial score (nSPS) is 21.9. The van der Waals surface area contributed by atoms with E-state index in [0.29, 0.717) is 23.8 Å². The average molecular weight is 379 g/mol. The molecule has 0 saturated heterocycles. The second-order valence-corrected chi connectivity index (χ2v) is 9.56. The van der Waals surface area contributed by atoms with Gasteiger partial charge in [0.05, 0.1) is 4.90 Å². The van der Waals surface area contributed by atoms with Gasteiger partial charge in [-0.25, -0.2) is 13.1 Å². The first-order valence-electron chi connectivity index (χ1n) is 9.81. The summed E-state index contributed by atoms with van der Waals surface area (Å²) in [7, 11) is -3.51. The highest BCUT2D eigenvalue weighted by Crippen LogP contribution is 2.34. The van der Waals surface area contributed by atoms with Crippen LogP contribution in [0.15, 0.2) is 23.1 Å². The summed E-state index contributed by atoms with van der Waals surface area (Å²) in [5.74, 6) is 0.432. The molecule has 1 aromatic rings. The molecule has 1 aliphatic heterocycles. The minimum Gasteiger partial charge on any atom is -0.309 e. The Morgan fingerprint density at radius 2 is 1.81 bits per heavy atom. The molecule has 0 aromatic heterocycles. The number of rotatable bonds is 4. The van der Waals surface area contributed by atoms with Crippen molar-refractivity contribution in [3.63, 3.8) is 0 Å². The van der Waals surface area contributed by atoms with Crippen LogP contribution >= 0.6 is 0 Å². The molecule has 2 aliphatic rings. The van der Waals surface area contributed by atoms with Crippen molar-refractivity contribution >= 4 is 21.6 Å². The maximum absolute atomic E-state index is 12.7. The van der Waals surface area contributed by atoms with Crippen molar-refractivity contribution in [2.75, 3.05) is 11.4 Å². The molecule has 6 heteroatoms. The first kappa shape index (κ1) is 19.4. The van der Waals surface area contributed by atoms with E-state index in [1.54, 1.807) is 30.0 Å². The molecule has 1 N–H and O–H groups in total. The minimum atomic E-state index is -3.51. The Morgan fingerprint density at radius 1 is 1.15 bits per heavy atom. The van der Waals surface area contributed by atoms with Gasteiger partial charge in [0.25, 0.3) is 0 Å². The fourth-order valence-electron chi connectivity index (χ4n) is 4.31. The Morgan fingerprint density at radius 3 is 2.46 bits per heavy atom. The molecule has 0 unspecified atom stereocenters. The van der Waals surface area contributed by atoms with Gasteiger partial charge >= 0.3 is 0 Å². The molecule has 1 saturated carbocycles. The molecule has 1 heterocycles. The van der Waals surface area contributed by atoms with Crippen LogP contribution in [0.25, 0.3) is 0 Å². The number of nitrogens with one attached hydrogen (secondary N) is 1. The van der Waals surface area contributed by atoms with Crippen molar-refractivity contribution in [3.8, 4) is 0 Å². The average Bonchev–Trinajstić information content (AvgIpc) is 2.88. The number of hydrogen-bond acceptors (Lipinski definition) is 3. The van der Waals surface area contributed by atoms with Gasteiger partial charge in [-0.15, -0.1) is 0 Å². The van der Waals surface area contributed by atoms with Crippen molar-refractivity contribution in [1.29, 1.82) is 0 Å². The van der Waals surface area contributed by atoms with Gasteiger partial charge in [0.2, 0.25) is 15.9 Å². The van der Waals surface area contributed by atoms with Crippen molar-refractivity contribution < 1.29 is 13.2 Å². The Bertz CT molecular complexity index is 752. The second kappa shape index (κ2) is 8.09. The predicted molar refractivity (Wildman–Crippen MR) is 104 cm³/mol. The van der Waals surface area contributed by atoms with E-state index in [2.05, 4.69) is 4.72 Å². The molecule has 3 rings (SSSR count). The number of carbonyl (C=O) groups is 1. The van der Waals surface area contributed by atoms with E-state index in [9.17, 15) is 13.2 Å². The van der Waals surface area contributed by atoms with Crippen LogP contribution in [0.3, 0.4) is 0 Å². The summed E-state index contributed by atoms with van der Waals surface area (Å²) in [4.78, 5) is 13.9. The van der Waals surface area contributed by atoms with Gasteiger partial charge in [-0.1, -0.05) is 32.1 Å². The van der Waals surface area contributed by atoms with Crippen molar-refractivity contribution in [3.05, 3.63) is 23.8 Å². The third kappa shape index (κ3) is 4.29. The molecular weight excluding hydrogens is 348 g/mol. The smallest absolute Gasteiger partial charge is 0.240 e. The zero-order valence-electron chi connectivity index (χ0n) is 15.8. The summed E-state index contributed by atoms with van der Waals surface area (Å²) >= 11 is 0. The summed E-state index contributed by atoms with van der Waals surface area (Å²) < 4.78 is 28.3. The topological polar surface area (TPSA) is 66.5 Å². The largest absolute Gasteiger partial charge is 0.309 e. The van der Waals surface area contributed by atoms with Crippen LogP contribution in [-0.4, -0.2) is 26.9 Å². The highest BCUT2D eigenvalue weighted by atomic mass is 32.2. The van der Waals surface area contributed by atoms with Crippen molar-refractivity contribution in [1.82, 2.24) is 4.72 Å². The number of sulfonamides is 1. The van der Waals surface area contributed by atoms with Gasteiger partial charge in [-0.05, 0) is 55.9 Å². The number of hydrogen-bond donors (Lipinski definition) is 1. The Labute approximate surface area is 157 Å². The lowest BCUT2D eigenvalue weighted by Gasteiger charge is -2.21. The maximum Gasteiger partial charge on any atom is 0.240 e. The van der Waals surface area contributed by atoms with Crippen molar-refractivity contribution in [2.24, 2.45) is 5.92 Å². The van der Waals surface area contributed by atoms with Crippen LogP contribution in [0.1, 0.15) is 64.4 Å². The predicted octanol–water partition coefficient (Wildman–Crippen LogP) is 3.62. The lowest BCUT2D eigenvalue weighted by atomic mass is 9.91. The number of benzene rings is 1. The van der Waals surface area contributed by atoms with E-state index in [0.717, 1.165) is 24.1 Å². The summed E-state index contributed by atoms with van der Waals surface area (Å²) in [6.07, 6.45) is 9.14. The fourth-order valence-corrected chi connectivity index (χ4v) is 5.48. The number of carbonyl (C=O) groups excluding carboxylic acids is 1. The van der Waals surface area contributed by atoms with E-state index in [-0.39, 0.29) is 11.9 Å². The van der Waals surface area contributed by atoms with Gasteiger partial charge in [0.15, 0.2) is 0 Å². The molecule has 1 amide bonds. The van der Waals surface area contributed by atoms with Crippen LogP contribution in [-0.2, 0) is 21.2 Å². The molecule has 0 bridgehead atoms. The molecule has 0 spiro atoms. The summed E-state index contributed by atoms with van der Waals surface area (Å²) in [6.45, 7) is 4.06. The van der Waals surface area contributed by atoms with Crippen LogP contribution in [0, 0.1) is 5.92 Å². The number of amides is 1. The van der Waals surface area contributed by atoms with E-state index in [1.165, 1.54) is 32.1 Å². The highest BCUT2D eigenvalue weighted by molar-refractivity contribution is 7.89. The molecule has 144 valence electrons. The van der Waals surface area contributed by atoms with Crippen LogP contribution < -0.4 is 9.62 Å². The number of anilines is 1. The quantitative estimate of drug-likeness (QED) is 0.870. The first-order valence-corrected chi connectivity index (χ1v) is 11.3. The Balaban J connectivity index is 1.70. The van der Waals surface area contributed by atoms with Gasteiger partial charge in [0.1, 0.15) is 0 Å². The van der Waals surface area contributed by atoms with E-state index in [1.807, 2.05) is 6.92 Å². The van der Waals surface area contributed by atoms with Gasteiger partial charge in [-0.2, -0.15) is 0 Å². The van der Waals surface area contributed by atoms with Crippen LogP contribution in [0.2, 0.25) is 0 Å². The SMILES string of the molecule is CC(=O)N1c2ccc(S(=O)(=O)NCC3CCCCCCC3)cc2C[C@H]1C. The number of fused-ring (bicyclic) bond motifs is 1. The molecular formula is C20H30N2O3S. The zero-order chi connectivity index (χ0) is 18.7. The van der Waals surface area contributed by atoms with Crippen LogP contribution in [0.5, 0.6) is 0 Å². The summed E-state index contributed by atoms with van der Waals surface area (Å²) in [5.41, 5.74) is 1.77. The summed E-state index contributed by atoms with van der Waals surface area (Å²) in [5, 5.41) is 0. The molecule has 26 heavy (non-hydrogen) atoms. The van der Waals surface area contributed by atoms with E-state index < -0.39 is 10.0 Å². The first-order chi connectivity index (χ1) is 12.4. The van der Waals surface area contributed by atoms with Gasteiger partial charge < -0.3 is 4.90 Å². The molecule has 1 aromatic carbocycles. The second-order valence-electron chi connectivity index (χ2n) is 7.80. The third-order valence-corrected chi connectivity index (χ3v) is 7.12. The monoisotopic (exact) mass is 378 g/mol. The lowest BCUT2D eigenvalue weighted by Crippen LogP contribution is -2.33. The van der Waals surface area contributed by atoms with Crippen molar-refractivity contribution in [2.45, 2.75) is 76.2 Å². The van der Waals surface area contributed by atoms with E-state index >= 15 is 0 Å². The highest BCUT2D eigenvalue weighted by Gasteiger charge is 2.30. The molecule has 1 aliphatic carbocycles. The third-order valence-electron chi connectivity index (χ3n) is 5.70. The maximum atomic E-state index is 12.7. The minimum absolute atomic E-state index is 0.00531. The molecule has 1 fully saturated rings. The molecule has 5 nitrogen and oxygen atoms in total. The fraction of sp³-hybridized carbons (Fsp3) is 0.650.